The van der Waals surface area contributed by atoms with E-state index >= 15 is 0 Å². The zero-order chi connectivity index (χ0) is 12.4. The van der Waals surface area contributed by atoms with Crippen molar-refractivity contribution in [2.24, 2.45) is 0 Å². The Balaban J connectivity index is 2.18. The van der Waals surface area contributed by atoms with Crippen LogP contribution in [0.3, 0.4) is 0 Å². The van der Waals surface area contributed by atoms with Gasteiger partial charge in [0.2, 0.25) is 0 Å². The number of carbonyl (C=O) groups is 1. The monoisotopic (exact) mass is 301 g/mol. The van der Waals surface area contributed by atoms with Gasteiger partial charge in [-0.1, -0.05) is 15.9 Å². The molecular weight excluding hydrogens is 289 g/mol. The van der Waals surface area contributed by atoms with Gasteiger partial charge in [0.15, 0.2) is 0 Å². The Bertz CT molecular complexity index is 439. The van der Waals surface area contributed by atoms with Crippen LogP contribution in [-0.4, -0.2) is 33.8 Å². The van der Waals surface area contributed by atoms with Crippen molar-refractivity contribution in [3.63, 3.8) is 0 Å². The number of nitrogens with zero attached hydrogens (tertiary/aromatic N) is 1. The number of rotatable bonds is 1. The van der Waals surface area contributed by atoms with E-state index < -0.39 is 5.82 Å². The minimum Gasteiger partial charge on any atom is -0.508 e. The Morgan fingerprint density at radius 2 is 2.29 bits per heavy atom. The number of phenols is 1. The number of halogens is 2. The first-order valence-electron chi connectivity index (χ1n) is 5.50. The smallest absolute Gasteiger partial charge is 0.256 e. The van der Waals surface area contributed by atoms with Gasteiger partial charge in [0.1, 0.15) is 11.6 Å². The van der Waals surface area contributed by atoms with Crippen LogP contribution in [0.1, 0.15) is 23.2 Å². The summed E-state index contributed by atoms with van der Waals surface area (Å²) < 4.78 is 13.5. The zero-order valence-corrected chi connectivity index (χ0v) is 10.8. The quantitative estimate of drug-likeness (QED) is 0.810. The van der Waals surface area contributed by atoms with E-state index in [4.69, 9.17) is 5.11 Å². The van der Waals surface area contributed by atoms with Crippen LogP contribution in [0.25, 0.3) is 0 Å². The van der Waals surface area contributed by atoms with Gasteiger partial charge >= 0.3 is 0 Å². The first kappa shape index (κ1) is 12.4. The summed E-state index contributed by atoms with van der Waals surface area (Å²) in [6, 6.07) is 3.61. The van der Waals surface area contributed by atoms with Crippen LogP contribution in [0.4, 0.5) is 4.39 Å². The molecule has 1 fully saturated rings. The Morgan fingerprint density at radius 3 is 2.94 bits per heavy atom. The lowest BCUT2D eigenvalue weighted by Gasteiger charge is -2.30. The fraction of sp³-hybridized carbons (Fsp3) is 0.417. The fourth-order valence-electron chi connectivity index (χ4n) is 1.96. The summed E-state index contributed by atoms with van der Waals surface area (Å²) in [6.45, 7) is 1.25. The summed E-state index contributed by atoms with van der Waals surface area (Å²) in [5.41, 5.74) is 0.0180. The van der Waals surface area contributed by atoms with E-state index in [0.717, 1.165) is 18.9 Å². The second kappa shape index (κ2) is 5.04. The Kier molecular flexibility index (Phi) is 3.66. The minimum atomic E-state index is -0.674. The zero-order valence-electron chi connectivity index (χ0n) is 9.20. The van der Waals surface area contributed by atoms with Crippen molar-refractivity contribution in [1.29, 1.82) is 0 Å². The standard InChI is InChI=1S/C12H13BrFNO2/c13-8-2-1-5-15(7-8)12(17)10-4-3-9(16)6-11(10)14/h3-4,6,8,16H,1-2,5,7H2. The molecule has 1 amide bonds. The maximum atomic E-state index is 13.5. The number of aromatic hydroxyl groups is 1. The SMILES string of the molecule is O=C(c1ccc(O)cc1F)N1CCCC(Br)C1. The van der Waals surface area contributed by atoms with Crippen molar-refractivity contribution in [3.05, 3.63) is 29.6 Å². The number of carbonyl (C=O) groups excluding carboxylic acids is 1. The van der Waals surface area contributed by atoms with E-state index in [2.05, 4.69) is 15.9 Å². The van der Waals surface area contributed by atoms with E-state index in [1.807, 2.05) is 0 Å². The third kappa shape index (κ3) is 2.77. The summed E-state index contributed by atoms with van der Waals surface area (Å²) >= 11 is 3.47. The lowest BCUT2D eigenvalue weighted by molar-refractivity contribution is 0.0725. The van der Waals surface area contributed by atoms with Crippen LogP contribution in [0, 0.1) is 5.82 Å². The molecule has 1 aromatic rings. The lowest BCUT2D eigenvalue weighted by Crippen LogP contribution is -2.40. The maximum Gasteiger partial charge on any atom is 0.256 e. The second-order valence-electron chi connectivity index (χ2n) is 4.15. The van der Waals surface area contributed by atoms with E-state index in [0.29, 0.717) is 13.1 Å². The number of benzene rings is 1. The highest BCUT2D eigenvalue weighted by molar-refractivity contribution is 9.09. The Labute approximate surface area is 107 Å². The van der Waals surface area contributed by atoms with E-state index in [1.54, 1.807) is 4.90 Å². The lowest BCUT2D eigenvalue weighted by atomic mass is 10.1. The number of hydrogen-bond donors (Lipinski definition) is 1. The molecule has 2 rings (SSSR count). The molecule has 0 aliphatic carbocycles. The molecule has 1 unspecified atom stereocenters. The summed E-state index contributed by atoms with van der Waals surface area (Å²) in [6.07, 6.45) is 1.95. The van der Waals surface area contributed by atoms with Crippen LogP contribution >= 0.6 is 15.9 Å². The molecule has 1 N–H and O–H groups in total. The molecule has 1 aliphatic rings. The van der Waals surface area contributed by atoms with Gasteiger partial charge in [-0.15, -0.1) is 0 Å². The van der Waals surface area contributed by atoms with E-state index in [1.165, 1.54) is 12.1 Å². The molecule has 1 aliphatic heterocycles. The van der Waals surface area contributed by atoms with Gasteiger partial charge in [-0.25, -0.2) is 4.39 Å². The minimum absolute atomic E-state index is 0.0180. The second-order valence-corrected chi connectivity index (χ2v) is 5.45. The van der Waals surface area contributed by atoms with Crippen molar-refractivity contribution >= 4 is 21.8 Å². The molecule has 5 heteroatoms. The average Bonchev–Trinajstić information content (AvgIpc) is 2.28. The van der Waals surface area contributed by atoms with Crippen LogP contribution in [0.15, 0.2) is 18.2 Å². The molecule has 0 saturated carbocycles. The van der Waals surface area contributed by atoms with Gasteiger partial charge in [-0.3, -0.25) is 4.79 Å². The van der Waals surface area contributed by atoms with Crippen molar-refractivity contribution in [2.45, 2.75) is 17.7 Å². The summed E-state index contributed by atoms with van der Waals surface area (Å²) in [7, 11) is 0. The van der Waals surface area contributed by atoms with Crippen molar-refractivity contribution < 1.29 is 14.3 Å². The molecule has 3 nitrogen and oxygen atoms in total. The van der Waals surface area contributed by atoms with Gasteiger partial charge in [0.25, 0.3) is 5.91 Å². The first-order valence-corrected chi connectivity index (χ1v) is 6.41. The first-order chi connectivity index (χ1) is 8.08. The maximum absolute atomic E-state index is 13.5. The van der Waals surface area contributed by atoms with Gasteiger partial charge < -0.3 is 10.0 Å². The Morgan fingerprint density at radius 1 is 1.53 bits per heavy atom. The largest absolute Gasteiger partial charge is 0.508 e. The molecule has 0 radical (unpaired) electrons. The van der Waals surface area contributed by atoms with Crippen molar-refractivity contribution in [3.8, 4) is 5.75 Å². The van der Waals surface area contributed by atoms with E-state index in [9.17, 15) is 9.18 Å². The number of phenolic OH excluding ortho intramolecular Hbond substituents is 1. The molecule has 0 bridgehead atoms. The number of likely N-dealkylation sites (tertiary alicyclic amines) is 1. The topological polar surface area (TPSA) is 40.5 Å². The summed E-state index contributed by atoms with van der Waals surface area (Å²) in [5.74, 6) is -1.16. The molecule has 1 heterocycles. The highest BCUT2D eigenvalue weighted by Crippen LogP contribution is 2.21. The van der Waals surface area contributed by atoms with E-state index in [-0.39, 0.29) is 22.0 Å². The van der Waals surface area contributed by atoms with Crippen LogP contribution in [0.5, 0.6) is 5.75 Å². The third-order valence-electron chi connectivity index (χ3n) is 2.83. The van der Waals surface area contributed by atoms with Crippen molar-refractivity contribution in [1.82, 2.24) is 4.90 Å². The highest BCUT2D eigenvalue weighted by Gasteiger charge is 2.24. The number of hydrogen-bond acceptors (Lipinski definition) is 2. The molecule has 92 valence electrons. The predicted molar refractivity (Wildman–Crippen MR) is 65.9 cm³/mol. The Hall–Kier alpha value is -1.10. The average molecular weight is 302 g/mol. The van der Waals surface area contributed by atoms with Crippen LogP contribution < -0.4 is 0 Å². The molecule has 17 heavy (non-hydrogen) atoms. The summed E-state index contributed by atoms with van der Waals surface area (Å²) in [5, 5.41) is 9.10. The van der Waals surface area contributed by atoms with Gasteiger partial charge in [0, 0.05) is 24.0 Å². The molecule has 1 atom stereocenters. The van der Waals surface area contributed by atoms with Crippen LogP contribution in [0.2, 0.25) is 0 Å². The normalized spacial score (nSPS) is 20.4. The highest BCUT2D eigenvalue weighted by atomic mass is 79.9. The van der Waals surface area contributed by atoms with Gasteiger partial charge in [-0.05, 0) is 25.0 Å². The number of alkyl halides is 1. The molecule has 1 saturated heterocycles. The molecule has 0 spiro atoms. The van der Waals surface area contributed by atoms with Gasteiger partial charge in [-0.2, -0.15) is 0 Å². The van der Waals surface area contributed by atoms with Crippen molar-refractivity contribution in [2.75, 3.05) is 13.1 Å². The fourth-order valence-corrected chi connectivity index (χ4v) is 2.63. The number of piperidine rings is 1. The molecule has 1 aromatic carbocycles. The van der Waals surface area contributed by atoms with Gasteiger partial charge in [0.05, 0.1) is 5.56 Å². The number of amides is 1. The molecule has 0 aromatic heterocycles. The predicted octanol–water partition coefficient (Wildman–Crippen LogP) is 2.53. The molecular formula is C12H13BrFNO2. The summed E-state index contributed by atoms with van der Waals surface area (Å²) in [4.78, 5) is 14.0. The third-order valence-corrected chi connectivity index (χ3v) is 3.58. The van der Waals surface area contributed by atoms with Crippen LogP contribution in [-0.2, 0) is 0 Å².